The van der Waals surface area contributed by atoms with Crippen LogP contribution in [-0.4, -0.2) is 146 Å². The molecule has 0 aromatic heterocycles. The number of aliphatic carboxylic acids is 2. The number of nitrogens with zero attached hydrogens (tertiary/aromatic N) is 7. The zero-order chi connectivity index (χ0) is 39.0. The predicted octanol–water partition coefficient (Wildman–Crippen LogP) is 1.13. The van der Waals surface area contributed by atoms with Crippen molar-refractivity contribution in [2.75, 3.05) is 98.2 Å². The fraction of sp³-hybridized carbons (Fsp3) is 0.500. The summed E-state index contributed by atoms with van der Waals surface area (Å²) < 4.78 is 43.7. The Morgan fingerprint density at radius 2 is 1.29 bits per heavy atom. The lowest BCUT2D eigenvalue weighted by Gasteiger charge is -2.44. The summed E-state index contributed by atoms with van der Waals surface area (Å²) in [4.78, 5) is 64.7. The van der Waals surface area contributed by atoms with Crippen molar-refractivity contribution in [2.45, 2.75) is 26.0 Å². The number of benzene rings is 2. The van der Waals surface area contributed by atoms with Gasteiger partial charge in [-0.15, -0.1) is 0 Å². The summed E-state index contributed by atoms with van der Waals surface area (Å²) in [6.45, 7) is 6.74. The minimum atomic E-state index is -1.29. The number of anilines is 4. The number of hydrogen-bond donors (Lipinski definition) is 4. The standard InChI is InChI=1S/C36H41F2N9O8/c1-17-16-54-31-26-20(30(49)22(34(52)53)15-47(17)26)12-23(37)27(31)42-3-7-44(8-4-42)35(39)41-36(40)45-9-5-43(6-10-45)28-24(38)11-19-25-32(28)55-18(2)13-46(25)14-21(29(19)48)33(50)51/h11-12,17-18,21-22H,3-10,13-16H2,1-2H3,(H,50,51)(H,52,53)(H3,39,40,41)/t17-,18-,21?,22?/m1/s1. The van der Waals surface area contributed by atoms with Gasteiger partial charge in [0.1, 0.15) is 35.9 Å². The topological polar surface area (TPSA) is 209 Å². The van der Waals surface area contributed by atoms with Crippen molar-refractivity contribution < 1.29 is 47.6 Å². The van der Waals surface area contributed by atoms with E-state index in [9.17, 15) is 29.4 Å². The Kier molecular flexibility index (Phi) is 8.83. The first-order valence-corrected chi connectivity index (χ1v) is 18.2. The molecule has 0 aliphatic carbocycles. The highest BCUT2D eigenvalue weighted by Gasteiger charge is 2.46. The van der Waals surface area contributed by atoms with Crippen molar-refractivity contribution in [3.05, 3.63) is 34.9 Å². The highest BCUT2D eigenvalue weighted by molar-refractivity contribution is 6.16. The van der Waals surface area contributed by atoms with Gasteiger partial charge in [-0.1, -0.05) is 0 Å². The Morgan fingerprint density at radius 1 is 0.764 bits per heavy atom. The van der Waals surface area contributed by atoms with E-state index in [0.29, 0.717) is 70.3 Å². The number of guanidine groups is 2. The molecule has 2 aromatic carbocycles. The average Bonchev–Trinajstić information content (AvgIpc) is 3.14. The Labute approximate surface area is 313 Å². The maximum Gasteiger partial charge on any atom is 0.316 e. The van der Waals surface area contributed by atoms with Crippen LogP contribution in [0.3, 0.4) is 0 Å². The van der Waals surface area contributed by atoms with Crippen LogP contribution in [-0.2, 0) is 9.59 Å². The molecule has 0 radical (unpaired) electrons. The third-order valence-electron chi connectivity index (χ3n) is 11.3. The van der Waals surface area contributed by atoms with E-state index >= 15 is 8.78 Å². The van der Waals surface area contributed by atoms with E-state index in [0.717, 1.165) is 12.1 Å². The number of halogens is 2. The molecule has 6 aliphatic rings. The maximum atomic E-state index is 15.8. The molecule has 8 rings (SSSR count). The number of carbonyl (C=O) groups excluding carboxylic acids is 2. The van der Waals surface area contributed by atoms with Gasteiger partial charge in [-0.2, -0.15) is 4.99 Å². The van der Waals surface area contributed by atoms with Gasteiger partial charge >= 0.3 is 11.9 Å². The zero-order valence-electron chi connectivity index (χ0n) is 30.3. The first kappa shape index (κ1) is 36.1. The number of hydrogen-bond acceptors (Lipinski definition) is 11. The second-order valence-electron chi connectivity index (χ2n) is 14.8. The van der Waals surface area contributed by atoms with Crippen molar-refractivity contribution in [2.24, 2.45) is 22.6 Å². The maximum absolute atomic E-state index is 15.8. The third-order valence-corrected chi connectivity index (χ3v) is 11.3. The largest absolute Gasteiger partial charge is 0.487 e. The molecular formula is C36H41F2N9O8. The number of carbonyl (C=O) groups is 4. The summed E-state index contributed by atoms with van der Waals surface area (Å²) >= 11 is 0. The number of nitrogens with one attached hydrogen (secondary N) is 1. The van der Waals surface area contributed by atoms with Gasteiger partial charge in [0.25, 0.3) is 0 Å². The second kappa shape index (κ2) is 13.5. The molecule has 17 nitrogen and oxygen atoms in total. The second-order valence-corrected chi connectivity index (χ2v) is 14.8. The molecule has 0 saturated carbocycles. The van der Waals surface area contributed by atoms with Crippen molar-refractivity contribution in [3.8, 4) is 11.5 Å². The lowest BCUT2D eigenvalue weighted by molar-refractivity contribution is -0.140. The van der Waals surface area contributed by atoms with E-state index in [1.807, 2.05) is 11.8 Å². The van der Waals surface area contributed by atoms with Crippen LogP contribution in [0.5, 0.6) is 11.5 Å². The number of rotatable bonds is 4. The highest BCUT2D eigenvalue weighted by atomic mass is 19.1. The van der Waals surface area contributed by atoms with E-state index in [1.54, 1.807) is 31.4 Å². The van der Waals surface area contributed by atoms with Crippen molar-refractivity contribution in [1.29, 1.82) is 5.41 Å². The van der Waals surface area contributed by atoms with Crippen LogP contribution in [0.4, 0.5) is 31.5 Å². The zero-order valence-corrected chi connectivity index (χ0v) is 30.3. The van der Waals surface area contributed by atoms with Crippen molar-refractivity contribution in [1.82, 2.24) is 9.80 Å². The number of ether oxygens (including phenoxy) is 2. The van der Waals surface area contributed by atoms with Crippen LogP contribution in [0.2, 0.25) is 0 Å². The van der Waals surface area contributed by atoms with Gasteiger partial charge in [0.15, 0.2) is 40.7 Å². The number of ketones is 2. The summed E-state index contributed by atoms with van der Waals surface area (Å²) in [5.74, 6) is -7.29. The van der Waals surface area contributed by atoms with E-state index in [1.165, 1.54) is 0 Å². The summed E-state index contributed by atoms with van der Waals surface area (Å²) in [5, 5.41) is 28.0. The number of Topliss-reactive ketones (excluding diaryl/α,β-unsaturated/α-hetero) is 2. The number of carboxylic acids is 2. The Balaban J connectivity index is 0.930. The normalized spacial score (nSPS) is 24.9. The van der Waals surface area contributed by atoms with E-state index in [2.05, 4.69) is 4.99 Å². The lowest BCUT2D eigenvalue weighted by atomic mass is 9.88. The molecular weight excluding hydrogens is 724 g/mol. The highest BCUT2D eigenvalue weighted by Crippen LogP contribution is 2.50. The molecule has 2 fully saturated rings. The predicted molar refractivity (Wildman–Crippen MR) is 195 cm³/mol. The quantitative estimate of drug-likeness (QED) is 0.195. The smallest absolute Gasteiger partial charge is 0.316 e. The molecule has 0 bridgehead atoms. The summed E-state index contributed by atoms with van der Waals surface area (Å²) in [7, 11) is 0. The van der Waals surface area contributed by atoms with Gasteiger partial charge in [0, 0.05) is 76.6 Å². The molecule has 5 N–H and O–H groups in total. The van der Waals surface area contributed by atoms with E-state index < -0.39 is 47.0 Å². The number of carboxylic acid groups (broad SMARTS) is 2. The van der Waals surface area contributed by atoms with Gasteiger partial charge in [0.05, 0.1) is 24.0 Å². The van der Waals surface area contributed by atoms with E-state index in [4.69, 9.17) is 20.6 Å². The van der Waals surface area contributed by atoms with Gasteiger partial charge < -0.3 is 54.8 Å². The van der Waals surface area contributed by atoms with Gasteiger partial charge in [-0.3, -0.25) is 24.6 Å². The Hall–Kier alpha value is -5.88. The summed E-state index contributed by atoms with van der Waals surface area (Å²) in [6.07, 6.45) is -0.368. The summed E-state index contributed by atoms with van der Waals surface area (Å²) in [6, 6.07) is 2.00. The van der Waals surface area contributed by atoms with Gasteiger partial charge in [-0.25, -0.2) is 8.78 Å². The molecule has 0 amide bonds. The Bertz CT molecular complexity index is 2050. The lowest BCUT2D eigenvalue weighted by Crippen LogP contribution is -2.53. The van der Waals surface area contributed by atoms with Crippen LogP contribution in [0, 0.1) is 28.9 Å². The fourth-order valence-corrected chi connectivity index (χ4v) is 8.51. The van der Waals surface area contributed by atoms with Gasteiger partial charge in [0.2, 0.25) is 5.96 Å². The minimum absolute atomic E-state index is 0.000334. The molecule has 4 atom stereocenters. The fourth-order valence-electron chi connectivity index (χ4n) is 8.51. The van der Waals surface area contributed by atoms with Crippen molar-refractivity contribution >= 4 is 58.2 Å². The summed E-state index contributed by atoms with van der Waals surface area (Å²) in [5.41, 5.74) is 7.59. The molecule has 0 spiro atoms. The third kappa shape index (κ3) is 5.95. The monoisotopic (exact) mass is 765 g/mol. The number of aliphatic imine (C=N–C) groups is 1. The molecule has 2 unspecified atom stereocenters. The van der Waals surface area contributed by atoms with Crippen LogP contribution in [0.1, 0.15) is 34.6 Å². The Morgan fingerprint density at radius 3 is 1.87 bits per heavy atom. The number of piperazine rings is 2. The minimum Gasteiger partial charge on any atom is -0.487 e. The molecule has 6 aliphatic heterocycles. The van der Waals surface area contributed by atoms with E-state index in [-0.39, 0.29) is 77.8 Å². The van der Waals surface area contributed by atoms with Crippen LogP contribution in [0.25, 0.3) is 0 Å². The molecule has 292 valence electrons. The molecule has 55 heavy (non-hydrogen) atoms. The molecule has 2 saturated heterocycles. The van der Waals surface area contributed by atoms with Gasteiger partial charge in [-0.05, 0) is 26.0 Å². The molecule has 6 heterocycles. The van der Waals surface area contributed by atoms with Crippen LogP contribution in [0.15, 0.2) is 17.1 Å². The first-order valence-electron chi connectivity index (χ1n) is 18.2. The number of nitrogens with two attached hydrogens (primary N) is 1. The van der Waals surface area contributed by atoms with Crippen molar-refractivity contribution in [3.63, 3.8) is 0 Å². The van der Waals surface area contributed by atoms with Crippen LogP contribution >= 0.6 is 0 Å². The first-order chi connectivity index (χ1) is 26.2. The molecule has 19 heteroatoms. The average molecular weight is 766 g/mol. The van der Waals surface area contributed by atoms with Crippen LogP contribution < -0.4 is 34.8 Å². The molecule has 2 aromatic rings. The SMILES string of the molecule is C[C@@H]1CN2CC(C(=O)O)C(=O)c3cc(F)c(N4CCN(/C(N)=N/C(=N)N5CCN(c6c(F)cc7c8c6OC[C@@H](C)N8CC(C(=O)O)C7=O)CC5)CC4)c(c32)O1.